The molecule has 5 nitrogen and oxygen atoms in total. The van der Waals surface area contributed by atoms with Crippen LogP contribution in [0.1, 0.15) is 19.8 Å². The van der Waals surface area contributed by atoms with Crippen molar-refractivity contribution in [2.45, 2.75) is 25.9 Å². The largest absolute Gasteiger partial charge is 0.497 e. The van der Waals surface area contributed by atoms with Crippen molar-refractivity contribution in [3.05, 3.63) is 24.3 Å². The summed E-state index contributed by atoms with van der Waals surface area (Å²) in [4.78, 5) is 6.74. The van der Waals surface area contributed by atoms with E-state index in [1.165, 1.54) is 0 Å². The van der Waals surface area contributed by atoms with Crippen LogP contribution in [0.2, 0.25) is 0 Å². The number of hydrogen-bond donors (Lipinski definition) is 2. The Kier molecular flexibility index (Phi) is 7.41. The van der Waals surface area contributed by atoms with Gasteiger partial charge in [-0.15, -0.1) is 0 Å². The summed E-state index contributed by atoms with van der Waals surface area (Å²) in [6, 6.07) is 7.94. The SMILES string of the molecule is CCNC(=NCC1CCN(c2cccc(OC)c2)C1)NCCC(F)(F)F. The number of ether oxygens (including phenoxy) is 1. The summed E-state index contributed by atoms with van der Waals surface area (Å²) in [6.07, 6.45) is -4.03. The molecular formula is C18H27F3N4O. The van der Waals surface area contributed by atoms with Crippen LogP contribution >= 0.6 is 0 Å². The van der Waals surface area contributed by atoms with Crippen molar-refractivity contribution in [3.63, 3.8) is 0 Å². The summed E-state index contributed by atoms with van der Waals surface area (Å²) < 4.78 is 42.1. The van der Waals surface area contributed by atoms with Gasteiger partial charge in [0.25, 0.3) is 0 Å². The van der Waals surface area contributed by atoms with Crippen LogP contribution in [0.3, 0.4) is 0 Å². The number of nitrogens with one attached hydrogen (secondary N) is 2. The van der Waals surface area contributed by atoms with Crippen molar-refractivity contribution in [2.75, 3.05) is 44.7 Å². The van der Waals surface area contributed by atoms with E-state index < -0.39 is 12.6 Å². The van der Waals surface area contributed by atoms with E-state index in [-0.39, 0.29) is 6.54 Å². The molecule has 1 aliphatic rings. The number of nitrogens with zero attached hydrogens (tertiary/aromatic N) is 2. The predicted molar refractivity (Wildman–Crippen MR) is 98.0 cm³/mol. The number of rotatable bonds is 7. The number of aliphatic imine (C=N–C) groups is 1. The second-order valence-electron chi connectivity index (χ2n) is 6.31. The van der Waals surface area contributed by atoms with Crippen LogP contribution in [0.5, 0.6) is 5.75 Å². The number of alkyl halides is 3. The minimum Gasteiger partial charge on any atom is -0.497 e. The van der Waals surface area contributed by atoms with E-state index in [0.717, 1.165) is 30.9 Å². The summed E-state index contributed by atoms with van der Waals surface area (Å²) in [5, 5.41) is 5.74. The minimum atomic E-state index is -4.16. The Balaban J connectivity index is 1.85. The van der Waals surface area contributed by atoms with Crippen LogP contribution in [-0.4, -0.2) is 52.0 Å². The molecule has 2 rings (SSSR count). The first-order chi connectivity index (χ1) is 12.4. The van der Waals surface area contributed by atoms with Crippen LogP contribution in [0.15, 0.2) is 29.3 Å². The molecule has 0 amide bonds. The molecule has 1 saturated heterocycles. The van der Waals surface area contributed by atoms with Crippen molar-refractivity contribution in [3.8, 4) is 5.75 Å². The van der Waals surface area contributed by atoms with Gasteiger partial charge in [0.05, 0.1) is 13.5 Å². The average Bonchev–Trinajstić information content (AvgIpc) is 3.08. The second kappa shape index (κ2) is 9.54. The molecule has 0 aromatic heterocycles. The first-order valence-corrected chi connectivity index (χ1v) is 8.89. The molecule has 1 aliphatic heterocycles. The maximum atomic E-state index is 12.3. The van der Waals surface area contributed by atoms with E-state index in [1.54, 1.807) is 7.11 Å². The first-order valence-electron chi connectivity index (χ1n) is 8.89. The minimum absolute atomic E-state index is 0.171. The van der Waals surface area contributed by atoms with Crippen LogP contribution in [0, 0.1) is 5.92 Å². The molecule has 0 spiro atoms. The number of methoxy groups -OCH3 is 1. The lowest BCUT2D eigenvalue weighted by molar-refractivity contribution is -0.132. The summed E-state index contributed by atoms with van der Waals surface area (Å²) in [5.41, 5.74) is 1.12. The van der Waals surface area contributed by atoms with Crippen molar-refractivity contribution in [1.29, 1.82) is 0 Å². The second-order valence-corrected chi connectivity index (χ2v) is 6.31. The van der Waals surface area contributed by atoms with Crippen molar-refractivity contribution >= 4 is 11.6 Å². The van der Waals surface area contributed by atoms with Gasteiger partial charge in [-0.2, -0.15) is 13.2 Å². The van der Waals surface area contributed by atoms with Gasteiger partial charge in [0, 0.05) is 44.5 Å². The molecule has 1 atom stereocenters. The van der Waals surface area contributed by atoms with Gasteiger partial charge in [0.15, 0.2) is 5.96 Å². The summed E-state index contributed by atoms with van der Waals surface area (Å²) in [5.74, 6) is 1.64. The summed E-state index contributed by atoms with van der Waals surface area (Å²) >= 11 is 0. The molecule has 1 aromatic carbocycles. The lowest BCUT2D eigenvalue weighted by atomic mass is 10.1. The average molecular weight is 372 g/mol. The Morgan fingerprint density at radius 1 is 1.35 bits per heavy atom. The van der Waals surface area contributed by atoms with Gasteiger partial charge in [0.2, 0.25) is 0 Å². The molecule has 1 heterocycles. The number of guanidine groups is 1. The Morgan fingerprint density at radius 2 is 2.15 bits per heavy atom. The molecule has 0 bridgehead atoms. The fourth-order valence-corrected chi connectivity index (χ4v) is 2.91. The third kappa shape index (κ3) is 6.65. The van der Waals surface area contributed by atoms with E-state index in [4.69, 9.17) is 4.74 Å². The van der Waals surface area contributed by atoms with Crippen molar-refractivity contribution in [1.82, 2.24) is 10.6 Å². The zero-order valence-electron chi connectivity index (χ0n) is 15.3. The lowest BCUT2D eigenvalue weighted by Crippen LogP contribution is -2.39. The Bertz CT molecular complexity index is 592. The number of benzene rings is 1. The van der Waals surface area contributed by atoms with Crippen LogP contribution in [0.4, 0.5) is 18.9 Å². The highest BCUT2D eigenvalue weighted by atomic mass is 19.4. The molecular weight excluding hydrogens is 345 g/mol. The lowest BCUT2D eigenvalue weighted by Gasteiger charge is -2.19. The highest BCUT2D eigenvalue weighted by Crippen LogP contribution is 2.27. The molecule has 0 saturated carbocycles. The normalized spacial score (nSPS) is 18.1. The Labute approximate surface area is 152 Å². The van der Waals surface area contributed by atoms with E-state index in [2.05, 4.69) is 26.6 Å². The van der Waals surface area contributed by atoms with E-state index >= 15 is 0 Å². The molecule has 1 aromatic rings. The quantitative estimate of drug-likeness (QED) is 0.571. The number of halogens is 3. The molecule has 8 heteroatoms. The molecule has 0 aliphatic carbocycles. The zero-order chi connectivity index (χ0) is 19.0. The van der Waals surface area contributed by atoms with Crippen molar-refractivity contribution < 1.29 is 17.9 Å². The smallest absolute Gasteiger partial charge is 0.390 e. The summed E-state index contributed by atoms with van der Waals surface area (Å²) in [6.45, 7) is 4.72. The van der Waals surface area contributed by atoms with Crippen LogP contribution in [-0.2, 0) is 0 Å². The molecule has 146 valence electrons. The Hall–Kier alpha value is -2.12. The zero-order valence-corrected chi connectivity index (χ0v) is 15.3. The fourth-order valence-electron chi connectivity index (χ4n) is 2.91. The topological polar surface area (TPSA) is 48.9 Å². The van der Waals surface area contributed by atoms with Gasteiger partial charge in [-0.25, -0.2) is 0 Å². The van der Waals surface area contributed by atoms with Gasteiger partial charge in [-0.3, -0.25) is 4.99 Å². The monoisotopic (exact) mass is 372 g/mol. The molecule has 1 fully saturated rings. The highest BCUT2D eigenvalue weighted by Gasteiger charge is 2.26. The molecule has 2 N–H and O–H groups in total. The van der Waals surface area contributed by atoms with Gasteiger partial charge in [0.1, 0.15) is 5.75 Å². The van der Waals surface area contributed by atoms with E-state index in [0.29, 0.717) is 25.0 Å². The summed E-state index contributed by atoms with van der Waals surface area (Å²) in [7, 11) is 1.65. The molecule has 1 unspecified atom stereocenters. The standard InChI is InChI=1S/C18H27F3N4O/c1-3-22-17(23-9-8-18(19,20)21)24-12-14-7-10-25(13-14)15-5-4-6-16(11-15)26-2/h4-6,11,14H,3,7-10,12-13H2,1-2H3,(H2,22,23,24). The van der Waals surface area contributed by atoms with Crippen LogP contribution in [0.25, 0.3) is 0 Å². The van der Waals surface area contributed by atoms with Crippen molar-refractivity contribution in [2.24, 2.45) is 10.9 Å². The fraction of sp³-hybridized carbons (Fsp3) is 0.611. The van der Waals surface area contributed by atoms with Gasteiger partial charge in [-0.05, 0) is 31.4 Å². The van der Waals surface area contributed by atoms with E-state index in [9.17, 15) is 13.2 Å². The van der Waals surface area contributed by atoms with Gasteiger partial charge in [-0.1, -0.05) is 6.07 Å². The molecule has 0 radical (unpaired) electrons. The first kappa shape index (κ1) is 20.2. The maximum absolute atomic E-state index is 12.3. The van der Waals surface area contributed by atoms with Crippen LogP contribution < -0.4 is 20.3 Å². The number of anilines is 1. The third-order valence-corrected chi connectivity index (χ3v) is 4.26. The van der Waals surface area contributed by atoms with Gasteiger partial charge >= 0.3 is 6.18 Å². The Morgan fingerprint density at radius 3 is 2.85 bits per heavy atom. The van der Waals surface area contributed by atoms with Gasteiger partial charge < -0.3 is 20.3 Å². The molecule has 26 heavy (non-hydrogen) atoms. The van der Waals surface area contributed by atoms with E-state index in [1.807, 2.05) is 25.1 Å². The maximum Gasteiger partial charge on any atom is 0.390 e. The third-order valence-electron chi connectivity index (χ3n) is 4.26. The predicted octanol–water partition coefficient (Wildman–Crippen LogP) is 3.03. The number of hydrogen-bond acceptors (Lipinski definition) is 3. The highest BCUT2D eigenvalue weighted by molar-refractivity contribution is 5.79.